The first-order chi connectivity index (χ1) is 14.7. The van der Waals surface area contributed by atoms with Gasteiger partial charge in [0.2, 0.25) is 5.91 Å². The van der Waals surface area contributed by atoms with Gasteiger partial charge in [-0.1, -0.05) is 68.8 Å². The molecule has 0 heterocycles. The van der Waals surface area contributed by atoms with Crippen LogP contribution in [0.2, 0.25) is 0 Å². The van der Waals surface area contributed by atoms with E-state index in [2.05, 4.69) is 19.2 Å². The quantitative estimate of drug-likeness (QED) is 0.594. The average molecular weight is 425 g/mol. The monoisotopic (exact) mass is 424 g/mol. The molecule has 0 saturated carbocycles. The van der Waals surface area contributed by atoms with Crippen LogP contribution in [0.4, 0.5) is 0 Å². The Balaban J connectivity index is 2.20. The van der Waals surface area contributed by atoms with E-state index in [1.807, 2.05) is 69.3 Å². The summed E-state index contributed by atoms with van der Waals surface area (Å²) in [5.74, 6) is 0.623. The van der Waals surface area contributed by atoms with E-state index < -0.39 is 6.04 Å². The first-order valence-electron chi connectivity index (χ1n) is 11.1. The lowest BCUT2D eigenvalue weighted by atomic mass is 10.0. The molecule has 2 atom stereocenters. The van der Waals surface area contributed by atoms with Gasteiger partial charge < -0.3 is 15.0 Å². The highest BCUT2D eigenvalue weighted by atomic mass is 16.5. The van der Waals surface area contributed by atoms with Crippen molar-refractivity contribution in [3.8, 4) is 5.75 Å². The third kappa shape index (κ3) is 7.12. The zero-order valence-corrected chi connectivity index (χ0v) is 19.6. The Hall–Kier alpha value is -2.82. The van der Waals surface area contributed by atoms with Crippen molar-refractivity contribution in [3.63, 3.8) is 0 Å². The Kier molecular flexibility index (Phi) is 9.10. The third-order valence-electron chi connectivity index (χ3n) is 5.50. The summed E-state index contributed by atoms with van der Waals surface area (Å²) in [6, 6.07) is 15.2. The van der Waals surface area contributed by atoms with Gasteiger partial charge in [-0.05, 0) is 50.3 Å². The minimum absolute atomic E-state index is 0.0556. The second-order valence-corrected chi connectivity index (χ2v) is 8.49. The summed E-state index contributed by atoms with van der Waals surface area (Å²) in [5.41, 5.74) is 3.16. The number of carbonyl (C=O) groups excluding carboxylic acids is 2. The highest BCUT2D eigenvalue weighted by molar-refractivity contribution is 5.88. The summed E-state index contributed by atoms with van der Waals surface area (Å²) in [4.78, 5) is 27.6. The van der Waals surface area contributed by atoms with E-state index in [1.54, 1.807) is 11.8 Å². The standard InChI is InChI=1S/C26H36N2O3/c1-7-20(5)27-26(30)21(6)28(16-22-12-10-11-19(4)15-22)25(29)17-31-24-14-9-8-13-23(24)18(2)3/h8-15,18,20-21H,7,16-17H2,1-6H3,(H,27,30)/t20-,21-/m1/s1. The molecular weight excluding hydrogens is 388 g/mol. The van der Waals surface area contributed by atoms with Crippen LogP contribution in [0.5, 0.6) is 5.75 Å². The predicted octanol–water partition coefficient (Wildman–Crippen LogP) is 4.83. The highest BCUT2D eigenvalue weighted by Crippen LogP contribution is 2.26. The van der Waals surface area contributed by atoms with Gasteiger partial charge in [-0.15, -0.1) is 0 Å². The molecule has 0 aliphatic carbocycles. The maximum Gasteiger partial charge on any atom is 0.261 e. The zero-order valence-electron chi connectivity index (χ0n) is 19.6. The number of nitrogens with zero attached hydrogens (tertiary/aromatic N) is 1. The molecule has 2 aromatic carbocycles. The van der Waals surface area contributed by atoms with Crippen LogP contribution in [0, 0.1) is 6.92 Å². The smallest absolute Gasteiger partial charge is 0.261 e. The SMILES string of the molecule is CC[C@@H](C)NC(=O)[C@@H](C)N(Cc1cccc(C)c1)C(=O)COc1ccccc1C(C)C. The van der Waals surface area contributed by atoms with E-state index in [1.165, 1.54) is 0 Å². The van der Waals surface area contributed by atoms with Crippen LogP contribution in [-0.4, -0.2) is 35.4 Å². The van der Waals surface area contributed by atoms with Crippen LogP contribution < -0.4 is 10.1 Å². The van der Waals surface area contributed by atoms with Gasteiger partial charge in [0.25, 0.3) is 5.91 Å². The molecule has 0 saturated heterocycles. The number of carbonyl (C=O) groups is 2. The average Bonchev–Trinajstić information content (AvgIpc) is 2.75. The van der Waals surface area contributed by atoms with E-state index in [-0.39, 0.29) is 30.4 Å². The molecule has 31 heavy (non-hydrogen) atoms. The van der Waals surface area contributed by atoms with Crippen LogP contribution >= 0.6 is 0 Å². The predicted molar refractivity (Wildman–Crippen MR) is 125 cm³/mol. The maximum atomic E-state index is 13.2. The van der Waals surface area contributed by atoms with Crippen molar-refractivity contribution < 1.29 is 14.3 Å². The molecule has 1 N–H and O–H groups in total. The molecule has 5 heteroatoms. The zero-order chi connectivity index (χ0) is 23.0. The van der Waals surface area contributed by atoms with Gasteiger partial charge in [-0.25, -0.2) is 0 Å². The maximum absolute atomic E-state index is 13.2. The second kappa shape index (κ2) is 11.5. The van der Waals surface area contributed by atoms with Crippen molar-refractivity contribution in [2.75, 3.05) is 6.61 Å². The van der Waals surface area contributed by atoms with E-state index in [0.29, 0.717) is 12.3 Å². The molecule has 2 amide bonds. The number of rotatable bonds is 10. The Bertz CT molecular complexity index is 878. The molecule has 0 bridgehead atoms. The van der Waals surface area contributed by atoms with E-state index in [9.17, 15) is 9.59 Å². The van der Waals surface area contributed by atoms with Gasteiger partial charge in [-0.2, -0.15) is 0 Å². The Morgan fingerprint density at radius 1 is 1.03 bits per heavy atom. The van der Waals surface area contributed by atoms with Crippen LogP contribution in [0.15, 0.2) is 48.5 Å². The normalized spacial score (nSPS) is 12.9. The molecule has 0 spiro atoms. The summed E-state index contributed by atoms with van der Waals surface area (Å²) < 4.78 is 5.91. The van der Waals surface area contributed by atoms with Gasteiger partial charge in [0, 0.05) is 12.6 Å². The second-order valence-electron chi connectivity index (χ2n) is 8.49. The molecule has 0 radical (unpaired) electrons. The van der Waals surface area contributed by atoms with Gasteiger partial charge >= 0.3 is 0 Å². The lowest BCUT2D eigenvalue weighted by molar-refractivity contribution is -0.142. The van der Waals surface area contributed by atoms with Crippen LogP contribution in [0.1, 0.15) is 63.6 Å². The number of hydrogen-bond donors (Lipinski definition) is 1. The van der Waals surface area contributed by atoms with E-state index in [0.717, 1.165) is 23.1 Å². The van der Waals surface area contributed by atoms with Gasteiger partial charge in [-0.3, -0.25) is 9.59 Å². The summed E-state index contributed by atoms with van der Waals surface area (Å²) >= 11 is 0. The largest absolute Gasteiger partial charge is 0.483 e. The lowest BCUT2D eigenvalue weighted by Crippen LogP contribution is -2.50. The van der Waals surface area contributed by atoms with Crippen LogP contribution in [0.3, 0.4) is 0 Å². The van der Waals surface area contributed by atoms with Crippen molar-refractivity contribution in [2.45, 2.75) is 72.5 Å². The van der Waals surface area contributed by atoms with Crippen molar-refractivity contribution >= 4 is 11.8 Å². The van der Waals surface area contributed by atoms with Gasteiger partial charge in [0.05, 0.1) is 0 Å². The van der Waals surface area contributed by atoms with Crippen molar-refractivity contribution in [1.29, 1.82) is 0 Å². The highest BCUT2D eigenvalue weighted by Gasteiger charge is 2.27. The fourth-order valence-electron chi connectivity index (χ4n) is 3.37. The van der Waals surface area contributed by atoms with E-state index in [4.69, 9.17) is 4.74 Å². The summed E-state index contributed by atoms with van der Waals surface area (Å²) in [5, 5.41) is 2.99. The molecule has 0 aliphatic rings. The van der Waals surface area contributed by atoms with Crippen molar-refractivity contribution in [2.24, 2.45) is 0 Å². The minimum atomic E-state index is -0.606. The third-order valence-corrected chi connectivity index (χ3v) is 5.50. The van der Waals surface area contributed by atoms with Crippen LogP contribution in [-0.2, 0) is 16.1 Å². The molecule has 0 unspecified atom stereocenters. The number of benzene rings is 2. The molecular formula is C26H36N2O3. The first kappa shape index (κ1) is 24.4. The number of para-hydroxylation sites is 1. The van der Waals surface area contributed by atoms with Crippen LogP contribution in [0.25, 0.3) is 0 Å². The molecule has 0 aromatic heterocycles. The number of hydrogen-bond acceptors (Lipinski definition) is 3. The Morgan fingerprint density at radius 3 is 2.39 bits per heavy atom. The number of ether oxygens (including phenoxy) is 1. The summed E-state index contributed by atoms with van der Waals surface area (Å²) in [6.45, 7) is 12.2. The van der Waals surface area contributed by atoms with Crippen molar-refractivity contribution in [3.05, 3.63) is 65.2 Å². The Morgan fingerprint density at radius 2 is 1.74 bits per heavy atom. The molecule has 5 nitrogen and oxygen atoms in total. The van der Waals surface area contributed by atoms with Gasteiger partial charge in [0.1, 0.15) is 11.8 Å². The lowest BCUT2D eigenvalue weighted by Gasteiger charge is -2.30. The molecule has 0 aliphatic heterocycles. The van der Waals surface area contributed by atoms with E-state index >= 15 is 0 Å². The Labute approximate surface area is 186 Å². The summed E-state index contributed by atoms with van der Waals surface area (Å²) in [6.07, 6.45) is 0.833. The first-order valence-corrected chi connectivity index (χ1v) is 11.1. The molecule has 2 aromatic rings. The molecule has 2 rings (SSSR count). The summed E-state index contributed by atoms with van der Waals surface area (Å²) in [7, 11) is 0. The number of aryl methyl sites for hydroxylation is 1. The molecule has 0 fully saturated rings. The number of nitrogens with one attached hydrogen (secondary N) is 1. The fraction of sp³-hybridized carbons (Fsp3) is 0.462. The number of amides is 2. The minimum Gasteiger partial charge on any atom is -0.483 e. The fourth-order valence-corrected chi connectivity index (χ4v) is 3.37. The molecule has 168 valence electrons. The van der Waals surface area contributed by atoms with Crippen molar-refractivity contribution in [1.82, 2.24) is 10.2 Å². The van der Waals surface area contributed by atoms with Gasteiger partial charge in [0.15, 0.2) is 6.61 Å². The topological polar surface area (TPSA) is 58.6 Å².